The van der Waals surface area contributed by atoms with Gasteiger partial charge in [0.2, 0.25) is 0 Å². The summed E-state index contributed by atoms with van der Waals surface area (Å²) in [5.41, 5.74) is -10.8. The van der Waals surface area contributed by atoms with Crippen molar-refractivity contribution in [1.82, 2.24) is 0 Å². The van der Waals surface area contributed by atoms with Gasteiger partial charge in [0.05, 0.1) is 22.3 Å². The Morgan fingerprint density at radius 3 is 1.18 bits per heavy atom. The molecule has 0 bridgehead atoms. The molecule has 0 amide bonds. The third-order valence-corrected chi connectivity index (χ3v) is 2.69. The second-order valence-corrected chi connectivity index (χ2v) is 5.00. The van der Waals surface area contributed by atoms with Crippen LogP contribution in [0.4, 0.5) is 39.5 Å². The molecule has 0 aromatic heterocycles. The Bertz CT molecular complexity index is 523. The summed E-state index contributed by atoms with van der Waals surface area (Å²) >= 11 is 0. The third-order valence-electron chi connectivity index (χ3n) is 2.69. The van der Waals surface area contributed by atoms with E-state index in [9.17, 15) is 44.6 Å². The highest BCUT2D eigenvalue weighted by Gasteiger charge is 2.47. The minimum atomic E-state index is -5.50. The SMILES string of the molecule is CC(C)(O)c1c(C(F)(F)F)cc(C(F)(F)F)cc1C(F)(F)F. The van der Waals surface area contributed by atoms with Crippen molar-refractivity contribution in [3.05, 3.63) is 34.4 Å². The van der Waals surface area contributed by atoms with Crippen LogP contribution < -0.4 is 0 Å². The summed E-state index contributed by atoms with van der Waals surface area (Å²) in [7, 11) is 0. The van der Waals surface area contributed by atoms with Crippen LogP contribution >= 0.6 is 0 Å². The van der Waals surface area contributed by atoms with Crippen molar-refractivity contribution in [1.29, 1.82) is 0 Å². The molecular formula is C12H9F9O. The van der Waals surface area contributed by atoms with E-state index in [-0.39, 0.29) is 0 Å². The third kappa shape index (κ3) is 3.84. The number of hydrogen-bond donors (Lipinski definition) is 1. The molecule has 0 saturated heterocycles. The van der Waals surface area contributed by atoms with E-state index in [1.54, 1.807) is 0 Å². The molecule has 10 heteroatoms. The average molecular weight is 340 g/mol. The predicted molar refractivity (Wildman–Crippen MR) is 56.7 cm³/mol. The van der Waals surface area contributed by atoms with Crippen LogP contribution in [-0.4, -0.2) is 5.11 Å². The predicted octanol–water partition coefficient (Wildman–Crippen LogP) is 4.97. The molecular weight excluding hydrogens is 331 g/mol. The summed E-state index contributed by atoms with van der Waals surface area (Å²) in [6.07, 6.45) is -16.4. The Kier molecular flexibility index (Phi) is 4.26. The van der Waals surface area contributed by atoms with E-state index in [2.05, 4.69) is 0 Å². The van der Waals surface area contributed by atoms with Gasteiger partial charge in [-0.05, 0) is 26.0 Å². The minimum Gasteiger partial charge on any atom is -0.386 e. The van der Waals surface area contributed by atoms with Crippen LogP contribution in [0.25, 0.3) is 0 Å². The topological polar surface area (TPSA) is 20.2 Å². The van der Waals surface area contributed by atoms with Gasteiger partial charge in [0.15, 0.2) is 0 Å². The fourth-order valence-electron chi connectivity index (χ4n) is 1.91. The van der Waals surface area contributed by atoms with Gasteiger partial charge in [-0.1, -0.05) is 0 Å². The van der Waals surface area contributed by atoms with Crippen LogP contribution in [0.1, 0.15) is 36.1 Å². The minimum absolute atomic E-state index is 0.442. The van der Waals surface area contributed by atoms with E-state index in [0.717, 1.165) is 0 Å². The largest absolute Gasteiger partial charge is 0.416 e. The van der Waals surface area contributed by atoms with Crippen molar-refractivity contribution < 1.29 is 44.6 Å². The van der Waals surface area contributed by atoms with E-state index in [1.807, 2.05) is 0 Å². The maximum absolute atomic E-state index is 12.9. The van der Waals surface area contributed by atoms with Crippen LogP contribution in [0.3, 0.4) is 0 Å². The number of hydrogen-bond acceptors (Lipinski definition) is 1. The number of halogens is 9. The lowest BCUT2D eigenvalue weighted by atomic mass is 9.86. The molecule has 0 heterocycles. The number of rotatable bonds is 1. The quantitative estimate of drug-likeness (QED) is 0.716. The zero-order valence-electron chi connectivity index (χ0n) is 11.0. The Hall–Kier alpha value is -1.45. The average Bonchev–Trinajstić information content (AvgIpc) is 2.22. The van der Waals surface area contributed by atoms with Crippen molar-refractivity contribution in [2.45, 2.75) is 38.0 Å². The molecule has 1 N–H and O–H groups in total. The highest BCUT2D eigenvalue weighted by atomic mass is 19.4. The molecule has 0 aliphatic carbocycles. The number of aliphatic hydroxyl groups is 1. The van der Waals surface area contributed by atoms with E-state index in [4.69, 9.17) is 0 Å². The van der Waals surface area contributed by atoms with Crippen LogP contribution in [0.15, 0.2) is 12.1 Å². The summed E-state index contributed by atoms with van der Waals surface area (Å²) in [4.78, 5) is 0. The molecule has 22 heavy (non-hydrogen) atoms. The Balaban J connectivity index is 3.96. The molecule has 126 valence electrons. The monoisotopic (exact) mass is 340 g/mol. The van der Waals surface area contributed by atoms with Gasteiger partial charge in [-0.15, -0.1) is 0 Å². The van der Waals surface area contributed by atoms with E-state index in [0.29, 0.717) is 13.8 Å². The standard InChI is InChI=1S/C12H9F9O/c1-9(2,22)8-6(11(16,17)18)3-5(10(13,14)15)4-7(8)12(19,20)21/h3-4,22H,1-2H3. The lowest BCUT2D eigenvalue weighted by molar-refractivity contribution is -0.152. The van der Waals surface area contributed by atoms with Crippen LogP contribution in [0, 0.1) is 0 Å². The van der Waals surface area contributed by atoms with Crippen molar-refractivity contribution >= 4 is 0 Å². The molecule has 0 aliphatic heterocycles. The van der Waals surface area contributed by atoms with Gasteiger partial charge in [-0.2, -0.15) is 39.5 Å². The second-order valence-electron chi connectivity index (χ2n) is 5.00. The first kappa shape index (κ1) is 18.6. The van der Waals surface area contributed by atoms with Crippen molar-refractivity contribution in [2.75, 3.05) is 0 Å². The van der Waals surface area contributed by atoms with Gasteiger partial charge in [0.1, 0.15) is 0 Å². The maximum Gasteiger partial charge on any atom is 0.416 e. The molecule has 0 atom stereocenters. The van der Waals surface area contributed by atoms with Crippen molar-refractivity contribution in [2.24, 2.45) is 0 Å². The zero-order valence-corrected chi connectivity index (χ0v) is 11.0. The van der Waals surface area contributed by atoms with E-state index in [1.165, 1.54) is 0 Å². The molecule has 0 spiro atoms. The van der Waals surface area contributed by atoms with Crippen LogP contribution in [-0.2, 0) is 24.1 Å². The van der Waals surface area contributed by atoms with Gasteiger partial charge < -0.3 is 5.11 Å². The number of benzene rings is 1. The van der Waals surface area contributed by atoms with Gasteiger partial charge in [-0.3, -0.25) is 0 Å². The Morgan fingerprint density at radius 1 is 0.682 bits per heavy atom. The Labute approximate surface area is 118 Å². The fraction of sp³-hybridized carbons (Fsp3) is 0.500. The van der Waals surface area contributed by atoms with Crippen LogP contribution in [0.5, 0.6) is 0 Å². The lowest BCUT2D eigenvalue weighted by Crippen LogP contribution is -2.28. The molecule has 0 saturated carbocycles. The summed E-state index contributed by atoms with van der Waals surface area (Å²) in [6.45, 7) is 1.25. The molecule has 1 aromatic rings. The maximum atomic E-state index is 12.9. The zero-order chi connectivity index (χ0) is 17.7. The van der Waals surface area contributed by atoms with Gasteiger partial charge >= 0.3 is 18.5 Å². The summed E-state index contributed by atoms with van der Waals surface area (Å²) in [6, 6.07) is -0.884. The highest BCUT2D eigenvalue weighted by molar-refractivity contribution is 5.46. The van der Waals surface area contributed by atoms with Crippen molar-refractivity contribution in [3.63, 3.8) is 0 Å². The molecule has 0 aliphatic rings. The molecule has 1 nitrogen and oxygen atoms in total. The normalized spacial score (nSPS) is 14.4. The lowest BCUT2D eigenvalue weighted by Gasteiger charge is -2.28. The smallest absolute Gasteiger partial charge is 0.386 e. The highest BCUT2D eigenvalue weighted by Crippen LogP contribution is 2.46. The number of alkyl halides is 9. The first-order valence-electron chi connectivity index (χ1n) is 5.58. The summed E-state index contributed by atoms with van der Waals surface area (Å²) in [5, 5.41) is 9.59. The van der Waals surface area contributed by atoms with Gasteiger partial charge in [-0.25, -0.2) is 0 Å². The van der Waals surface area contributed by atoms with E-state index >= 15 is 0 Å². The molecule has 1 aromatic carbocycles. The van der Waals surface area contributed by atoms with Crippen LogP contribution in [0.2, 0.25) is 0 Å². The molecule has 0 fully saturated rings. The van der Waals surface area contributed by atoms with Crippen molar-refractivity contribution in [3.8, 4) is 0 Å². The molecule has 0 radical (unpaired) electrons. The van der Waals surface area contributed by atoms with E-state index < -0.39 is 58.5 Å². The Morgan fingerprint density at radius 2 is 1.00 bits per heavy atom. The first-order chi connectivity index (χ1) is 9.45. The summed E-state index contributed by atoms with van der Waals surface area (Å²) in [5.74, 6) is 0. The molecule has 1 rings (SSSR count). The fourth-order valence-corrected chi connectivity index (χ4v) is 1.91. The first-order valence-corrected chi connectivity index (χ1v) is 5.58. The molecule has 0 unspecified atom stereocenters. The van der Waals surface area contributed by atoms with Gasteiger partial charge in [0.25, 0.3) is 0 Å². The summed E-state index contributed by atoms with van der Waals surface area (Å²) < 4.78 is 115. The van der Waals surface area contributed by atoms with Gasteiger partial charge in [0, 0.05) is 5.56 Å². The second kappa shape index (κ2) is 5.04.